The number of nitro benzene ring substituents is 1. The third-order valence-electron chi connectivity index (χ3n) is 5.21. The summed E-state index contributed by atoms with van der Waals surface area (Å²) < 4.78 is 0. The van der Waals surface area contributed by atoms with Gasteiger partial charge < -0.3 is 0 Å². The molecular weight excluding hydrogens is 354 g/mol. The second-order valence-electron chi connectivity index (χ2n) is 6.89. The fraction of sp³-hybridized carbons (Fsp3) is 0.130. The first-order chi connectivity index (χ1) is 13.6. The van der Waals surface area contributed by atoms with Crippen LogP contribution < -0.4 is 0 Å². The lowest BCUT2D eigenvalue weighted by molar-refractivity contribution is -0.384. The first-order valence-corrected chi connectivity index (χ1v) is 9.01. The summed E-state index contributed by atoms with van der Waals surface area (Å²) in [5, 5.41) is 11.1. The van der Waals surface area contributed by atoms with Crippen molar-refractivity contribution in [3.05, 3.63) is 112 Å². The lowest BCUT2D eigenvalue weighted by atomic mass is 10.0. The topological polar surface area (TPSA) is 77.3 Å². The predicted octanol–water partition coefficient (Wildman–Crippen LogP) is 4.69. The van der Waals surface area contributed by atoms with Crippen LogP contribution in [-0.4, -0.2) is 16.5 Å². The van der Waals surface area contributed by atoms with Gasteiger partial charge in [0.2, 0.25) is 0 Å². The average Bonchev–Trinajstić information content (AvgIpc) is 3.49. The monoisotopic (exact) mass is 371 g/mol. The minimum Gasteiger partial charge on any atom is -0.294 e. The van der Waals surface area contributed by atoms with Crippen LogP contribution in [0.5, 0.6) is 0 Å². The largest absolute Gasteiger partial charge is 0.294 e. The summed E-state index contributed by atoms with van der Waals surface area (Å²) in [5.74, 6) is -1.60. The molecule has 4 rings (SSSR count). The third kappa shape index (κ3) is 3.22. The van der Waals surface area contributed by atoms with Crippen LogP contribution >= 0.6 is 0 Å². The zero-order valence-corrected chi connectivity index (χ0v) is 14.9. The minimum absolute atomic E-state index is 0.0405. The van der Waals surface area contributed by atoms with Crippen LogP contribution in [0.4, 0.5) is 5.69 Å². The molecule has 5 nitrogen and oxygen atoms in total. The van der Waals surface area contributed by atoms with Gasteiger partial charge >= 0.3 is 0 Å². The van der Waals surface area contributed by atoms with Crippen molar-refractivity contribution < 1.29 is 14.5 Å². The fourth-order valence-electron chi connectivity index (χ4n) is 3.81. The number of benzene rings is 3. The van der Waals surface area contributed by atoms with Crippen LogP contribution in [0.25, 0.3) is 0 Å². The van der Waals surface area contributed by atoms with Crippen molar-refractivity contribution in [3.8, 4) is 0 Å². The van der Waals surface area contributed by atoms with Gasteiger partial charge in [0.15, 0.2) is 11.6 Å². The molecule has 1 fully saturated rings. The molecule has 1 aliphatic rings. The van der Waals surface area contributed by atoms with Crippen molar-refractivity contribution in [2.75, 3.05) is 0 Å². The molecule has 0 radical (unpaired) electrons. The first kappa shape index (κ1) is 17.8. The molecule has 3 aromatic carbocycles. The predicted molar refractivity (Wildman–Crippen MR) is 104 cm³/mol. The Kier molecular flexibility index (Phi) is 4.57. The number of ketones is 2. The zero-order chi connectivity index (χ0) is 19.7. The maximum absolute atomic E-state index is 13.1. The molecule has 3 aromatic rings. The molecule has 0 saturated heterocycles. The molecule has 0 amide bonds. The lowest BCUT2D eigenvalue weighted by Gasteiger charge is -2.01. The molecule has 0 heterocycles. The first-order valence-electron chi connectivity index (χ1n) is 9.01. The van der Waals surface area contributed by atoms with Crippen molar-refractivity contribution in [2.24, 2.45) is 11.8 Å². The van der Waals surface area contributed by atoms with Crippen molar-refractivity contribution in [1.82, 2.24) is 0 Å². The number of non-ortho nitro benzene ring substituents is 1. The Hall–Kier alpha value is -3.60. The SMILES string of the molecule is O=C(c1ccccc1)[C@@H]1C(c2cccc([N+](=O)[O-])c2)[C@@H]1C(=O)c1ccccc1. The van der Waals surface area contributed by atoms with Crippen LogP contribution in [0.15, 0.2) is 84.9 Å². The highest BCUT2D eigenvalue weighted by Gasteiger charge is 2.59. The van der Waals surface area contributed by atoms with E-state index in [9.17, 15) is 19.7 Å². The van der Waals surface area contributed by atoms with E-state index in [0.717, 1.165) is 0 Å². The van der Waals surface area contributed by atoms with Crippen molar-refractivity contribution in [1.29, 1.82) is 0 Å². The van der Waals surface area contributed by atoms with E-state index in [1.54, 1.807) is 60.7 Å². The summed E-state index contributed by atoms with van der Waals surface area (Å²) in [5.41, 5.74) is 1.71. The van der Waals surface area contributed by atoms with Gasteiger partial charge in [0.25, 0.3) is 5.69 Å². The van der Waals surface area contributed by atoms with Gasteiger partial charge in [-0.15, -0.1) is 0 Å². The van der Waals surface area contributed by atoms with Crippen LogP contribution in [0.3, 0.4) is 0 Å². The van der Waals surface area contributed by atoms with Crippen LogP contribution in [-0.2, 0) is 0 Å². The normalized spacial score (nSPS) is 20.4. The van der Waals surface area contributed by atoms with Gasteiger partial charge in [0.1, 0.15) is 0 Å². The standard InChI is InChI=1S/C23H17NO4/c25-22(15-8-3-1-4-9-15)20-19(17-12-7-13-18(14-17)24(27)28)21(20)23(26)16-10-5-2-6-11-16/h1-14,19-21H/t19?,20-,21+. The number of rotatable bonds is 6. The van der Waals surface area contributed by atoms with Crippen molar-refractivity contribution in [2.45, 2.75) is 5.92 Å². The van der Waals surface area contributed by atoms with Crippen LogP contribution in [0.2, 0.25) is 0 Å². The minimum atomic E-state index is -0.517. The summed E-state index contributed by atoms with van der Waals surface area (Å²) in [6, 6.07) is 23.9. The number of Topliss-reactive ketones (excluding diaryl/α,β-unsaturated/α-hetero) is 2. The number of nitro groups is 1. The van der Waals surface area contributed by atoms with E-state index in [1.807, 2.05) is 12.1 Å². The molecule has 1 aliphatic carbocycles. The van der Waals surface area contributed by atoms with E-state index in [2.05, 4.69) is 0 Å². The molecule has 0 aliphatic heterocycles. The van der Waals surface area contributed by atoms with Gasteiger partial charge in [-0.3, -0.25) is 19.7 Å². The van der Waals surface area contributed by atoms with E-state index in [0.29, 0.717) is 16.7 Å². The van der Waals surface area contributed by atoms with E-state index >= 15 is 0 Å². The summed E-state index contributed by atoms with van der Waals surface area (Å²) in [6.45, 7) is 0. The molecule has 0 N–H and O–H groups in total. The Labute approximate surface area is 161 Å². The number of hydrogen-bond donors (Lipinski definition) is 0. The molecule has 5 heteroatoms. The van der Waals surface area contributed by atoms with Crippen LogP contribution in [0.1, 0.15) is 32.2 Å². The molecule has 1 saturated carbocycles. The molecular formula is C23H17NO4. The van der Waals surface area contributed by atoms with Crippen molar-refractivity contribution in [3.63, 3.8) is 0 Å². The Bertz CT molecular complexity index is 989. The van der Waals surface area contributed by atoms with Crippen molar-refractivity contribution >= 4 is 17.3 Å². The zero-order valence-electron chi connectivity index (χ0n) is 14.9. The van der Waals surface area contributed by atoms with E-state index in [-0.39, 0.29) is 23.2 Å². The highest BCUT2D eigenvalue weighted by atomic mass is 16.6. The summed E-state index contributed by atoms with van der Waals surface area (Å²) in [6.07, 6.45) is 0. The maximum atomic E-state index is 13.1. The molecule has 3 atom stereocenters. The summed E-state index contributed by atoms with van der Waals surface area (Å²) in [7, 11) is 0. The fourth-order valence-corrected chi connectivity index (χ4v) is 3.81. The number of nitrogens with zero attached hydrogens (tertiary/aromatic N) is 1. The van der Waals surface area contributed by atoms with E-state index < -0.39 is 16.8 Å². The van der Waals surface area contributed by atoms with E-state index in [4.69, 9.17) is 0 Å². The third-order valence-corrected chi connectivity index (χ3v) is 5.21. The smallest absolute Gasteiger partial charge is 0.269 e. The molecule has 0 aromatic heterocycles. The summed E-state index contributed by atoms with van der Waals surface area (Å²) in [4.78, 5) is 36.8. The highest BCUT2D eigenvalue weighted by molar-refractivity contribution is 6.09. The second kappa shape index (κ2) is 7.19. The molecule has 0 bridgehead atoms. The molecule has 0 spiro atoms. The molecule has 1 unspecified atom stereocenters. The highest BCUT2D eigenvalue weighted by Crippen LogP contribution is 2.57. The Morgan fingerprint density at radius 3 is 1.68 bits per heavy atom. The molecule has 28 heavy (non-hydrogen) atoms. The second-order valence-corrected chi connectivity index (χ2v) is 6.89. The number of carbonyl (C=O) groups excluding carboxylic acids is 2. The average molecular weight is 371 g/mol. The molecule has 138 valence electrons. The van der Waals surface area contributed by atoms with Gasteiger partial charge in [-0.05, 0) is 5.56 Å². The van der Waals surface area contributed by atoms with Gasteiger partial charge in [0, 0.05) is 41.0 Å². The maximum Gasteiger partial charge on any atom is 0.269 e. The van der Waals surface area contributed by atoms with Crippen LogP contribution in [0, 0.1) is 22.0 Å². The quantitative estimate of drug-likeness (QED) is 0.358. The van der Waals surface area contributed by atoms with Gasteiger partial charge in [-0.2, -0.15) is 0 Å². The Morgan fingerprint density at radius 1 is 0.714 bits per heavy atom. The number of carbonyl (C=O) groups is 2. The lowest BCUT2D eigenvalue weighted by Crippen LogP contribution is -2.09. The van der Waals surface area contributed by atoms with Gasteiger partial charge in [-0.1, -0.05) is 72.8 Å². The Morgan fingerprint density at radius 2 is 1.21 bits per heavy atom. The number of hydrogen-bond acceptors (Lipinski definition) is 4. The van der Waals surface area contributed by atoms with Gasteiger partial charge in [-0.25, -0.2) is 0 Å². The summed E-state index contributed by atoms with van der Waals surface area (Å²) >= 11 is 0. The van der Waals surface area contributed by atoms with E-state index in [1.165, 1.54) is 12.1 Å². The Balaban J connectivity index is 1.71. The van der Waals surface area contributed by atoms with Gasteiger partial charge in [0.05, 0.1) is 4.92 Å².